The van der Waals surface area contributed by atoms with Crippen molar-refractivity contribution in [3.8, 4) is 5.75 Å². The smallest absolute Gasteiger partial charge is 0.142 e. The summed E-state index contributed by atoms with van der Waals surface area (Å²) in [6, 6.07) is 7.49. The number of nitrogens with one attached hydrogen (secondary N) is 1. The van der Waals surface area contributed by atoms with Crippen molar-refractivity contribution >= 4 is 35.1 Å². The van der Waals surface area contributed by atoms with Gasteiger partial charge in [0.05, 0.1) is 12.3 Å². The van der Waals surface area contributed by atoms with Gasteiger partial charge in [-0.05, 0) is 40.6 Å². The first-order valence-electron chi connectivity index (χ1n) is 5.67. The van der Waals surface area contributed by atoms with Crippen molar-refractivity contribution in [3.63, 3.8) is 0 Å². The number of nitrogen functional groups attached to an aromatic ring is 1. The van der Waals surface area contributed by atoms with Gasteiger partial charge in [-0.15, -0.1) is 12.4 Å². The van der Waals surface area contributed by atoms with Crippen molar-refractivity contribution in [2.24, 2.45) is 0 Å². The number of benzene rings is 1. The molecule has 0 fully saturated rings. The molecule has 2 aromatic rings. The van der Waals surface area contributed by atoms with Crippen LogP contribution in [0.3, 0.4) is 0 Å². The number of aliphatic hydroxyl groups is 1. The van der Waals surface area contributed by atoms with Crippen molar-refractivity contribution in [2.75, 3.05) is 24.3 Å². The molecule has 0 aliphatic rings. The normalized spacial score (nSPS) is 9.74. The molecule has 1 aromatic carbocycles. The van der Waals surface area contributed by atoms with Gasteiger partial charge in [-0.3, -0.25) is 0 Å². The molecule has 19 heavy (non-hydrogen) atoms. The molecule has 4 nitrogen and oxygen atoms in total. The van der Waals surface area contributed by atoms with Crippen LogP contribution in [0.4, 0.5) is 11.4 Å². The van der Waals surface area contributed by atoms with E-state index in [2.05, 4.69) is 16.8 Å². The zero-order valence-electron chi connectivity index (χ0n) is 10.3. The molecule has 6 heteroatoms. The first kappa shape index (κ1) is 15.6. The summed E-state index contributed by atoms with van der Waals surface area (Å²) in [5, 5.41) is 16.2. The zero-order valence-corrected chi connectivity index (χ0v) is 12.0. The number of ether oxygens (including phenoxy) is 1. The Morgan fingerprint density at radius 1 is 1.32 bits per heavy atom. The molecule has 1 aromatic heterocycles. The number of rotatable bonds is 6. The molecule has 0 spiro atoms. The Hall–Kier alpha value is -1.43. The van der Waals surface area contributed by atoms with E-state index in [1.807, 2.05) is 11.4 Å². The van der Waals surface area contributed by atoms with Gasteiger partial charge < -0.3 is 20.9 Å². The minimum atomic E-state index is -0.00561. The molecular weight excluding hydrogens is 284 g/mol. The molecule has 0 saturated carbocycles. The van der Waals surface area contributed by atoms with E-state index in [4.69, 9.17) is 15.6 Å². The SMILES string of the molecule is Cl.Nc1ccc(OCCO)c(NCc2ccsc2)c1. The number of aliphatic hydroxyl groups excluding tert-OH is 1. The number of halogens is 1. The Morgan fingerprint density at radius 2 is 2.16 bits per heavy atom. The lowest BCUT2D eigenvalue weighted by molar-refractivity contribution is 0.202. The highest BCUT2D eigenvalue weighted by Gasteiger charge is 2.04. The lowest BCUT2D eigenvalue weighted by Crippen LogP contribution is -2.06. The molecule has 0 unspecified atom stereocenters. The highest BCUT2D eigenvalue weighted by Crippen LogP contribution is 2.27. The Bertz CT molecular complexity index is 491. The predicted molar refractivity (Wildman–Crippen MR) is 82.3 cm³/mol. The Kier molecular flexibility index (Phi) is 6.49. The lowest BCUT2D eigenvalue weighted by Gasteiger charge is -2.13. The van der Waals surface area contributed by atoms with E-state index in [0.29, 0.717) is 11.4 Å². The van der Waals surface area contributed by atoms with E-state index in [9.17, 15) is 0 Å². The van der Waals surface area contributed by atoms with Crippen LogP contribution in [0.5, 0.6) is 5.75 Å². The van der Waals surface area contributed by atoms with E-state index < -0.39 is 0 Å². The van der Waals surface area contributed by atoms with Crippen molar-refractivity contribution in [3.05, 3.63) is 40.6 Å². The molecule has 0 amide bonds. The second kappa shape index (κ2) is 7.89. The summed E-state index contributed by atoms with van der Waals surface area (Å²) in [7, 11) is 0. The van der Waals surface area contributed by atoms with Crippen LogP contribution in [0, 0.1) is 0 Å². The fourth-order valence-corrected chi connectivity index (χ4v) is 2.23. The van der Waals surface area contributed by atoms with Gasteiger partial charge in [0, 0.05) is 12.2 Å². The molecule has 1 heterocycles. The van der Waals surface area contributed by atoms with E-state index >= 15 is 0 Å². The molecule has 0 bridgehead atoms. The molecule has 104 valence electrons. The van der Waals surface area contributed by atoms with Crippen LogP contribution in [-0.4, -0.2) is 18.3 Å². The van der Waals surface area contributed by atoms with E-state index in [0.717, 1.165) is 12.2 Å². The number of hydrogen-bond donors (Lipinski definition) is 3. The Balaban J connectivity index is 0.00000180. The summed E-state index contributed by atoms with van der Waals surface area (Å²) in [5.41, 5.74) is 8.50. The standard InChI is InChI=1S/C13H16N2O2S.ClH/c14-11-1-2-13(17-5-4-16)12(7-11)15-8-10-3-6-18-9-10;/h1-3,6-7,9,15-16H,4-5,8,14H2;1H. The van der Waals surface area contributed by atoms with Crippen LogP contribution in [0.2, 0.25) is 0 Å². The maximum Gasteiger partial charge on any atom is 0.142 e. The first-order valence-corrected chi connectivity index (χ1v) is 6.62. The van der Waals surface area contributed by atoms with Gasteiger partial charge in [-0.25, -0.2) is 0 Å². The Morgan fingerprint density at radius 3 is 2.84 bits per heavy atom. The number of anilines is 2. The highest BCUT2D eigenvalue weighted by atomic mass is 35.5. The van der Waals surface area contributed by atoms with Crippen LogP contribution in [0.15, 0.2) is 35.0 Å². The van der Waals surface area contributed by atoms with E-state index in [-0.39, 0.29) is 25.6 Å². The zero-order chi connectivity index (χ0) is 12.8. The monoisotopic (exact) mass is 300 g/mol. The van der Waals surface area contributed by atoms with Crippen molar-refractivity contribution in [1.82, 2.24) is 0 Å². The summed E-state index contributed by atoms with van der Waals surface area (Å²) in [4.78, 5) is 0. The molecule has 4 N–H and O–H groups in total. The summed E-state index contributed by atoms with van der Waals surface area (Å²) in [5.74, 6) is 0.702. The van der Waals surface area contributed by atoms with Crippen molar-refractivity contribution in [1.29, 1.82) is 0 Å². The van der Waals surface area contributed by atoms with Gasteiger partial charge in [0.1, 0.15) is 12.4 Å². The quantitative estimate of drug-likeness (QED) is 0.718. The second-order valence-corrected chi connectivity index (χ2v) is 4.59. The third kappa shape index (κ3) is 4.63. The molecule has 0 atom stereocenters. The van der Waals surface area contributed by atoms with Crippen LogP contribution < -0.4 is 15.8 Å². The molecule has 0 radical (unpaired) electrons. The topological polar surface area (TPSA) is 67.5 Å². The van der Waals surface area contributed by atoms with Crippen LogP contribution in [-0.2, 0) is 6.54 Å². The third-order valence-electron chi connectivity index (χ3n) is 2.42. The summed E-state index contributed by atoms with van der Waals surface area (Å²) in [6.45, 7) is 0.994. The largest absolute Gasteiger partial charge is 0.489 e. The van der Waals surface area contributed by atoms with Crippen LogP contribution in [0.25, 0.3) is 0 Å². The van der Waals surface area contributed by atoms with Gasteiger partial charge in [-0.1, -0.05) is 0 Å². The number of nitrogens with two attached hydrogens (primary N) is 1. The average molecular weight is 301 g/mol. The van der Waals surface area contributed by atoms with Gasteiger partial charge in [0.2, 0.25) is 0 Å². The fraction of sp³-hybridized carbons (Fsp3) is 0.231. The minimum Gasteiger partial charge on any atom is -0.489 e. The average Bonchev–Trinajstić information content (AvgIpc) is 2.88. The van der Waals surface area contributed by atoms with Gasteiger partial charge in [-0.2, -0.15) is 11.3 Å². The van der Waals surface area contributed by atoms with Gasteiger partial charge >= 0.3 is 0 Å². The minimum absolute atomic E-state index is 0. The van der Waals surface area contributed by atoms with Crippen molar-refractivity contribution in [2.45, 2.75) is 6.54 Å². The van der Waals surface area contributed by atoms with Crippen LogP contribution >= 0.6 is 23.7 Å². The maximum atomic E-state index is 8.78. The molecule has 2 rings (SSSR count). The first-order chi connectivity index (χ1) is 8.79. The number of thiophene rings is 1. The van der Waals surface area contributed by atoms with Crippen molar-refractivity contribution < 1.29 is 9.84 Å². The predicted octanol–water partition coefficient (Wildman–Crippen LogP) is 2.74. The lowest BCUT2D eigenvalue weighted by atomic mass is 10.2. The van der Waals surface area contributed by atoms with Gasteiger partial charge in [0.25, 0.3) is 0 Å². The third-order valence-corrected chi connectivity index (χ3v) is 3.15. The summed E-state index contributed by atoms with van der Waals surface area (Å²) >= 11 is 1.67. The number of hydrogen-bond acceptors (Lipinski definition) is 5. The fourth-order valence-electron chi connectivity index (χ4n) is 1.56. The maximum absolute atomic E-state index is 8.78. The highest BCUT2D eigenvalue weighted by molar-refractivity contribution is 7.07. The molecule has 0 aliphatic heterocycles. The molecular formula is C13H17ClN2O2S. The van der Waals surface area contributed by atoms with Gasteiger partial charge in [0.15, 0.2) is 0 Å². The molecule has 0 aliphatic carbocycles. The summed E-state index contributed by atoms with van der Waals surface area (Å²) < 4.78 is 5.45. The summed E-state index contributed by atoms with van der Waals surface area (Å²) in [6.07, 6.45) is 0. The second-order valence-electron chi connectivity index (χ2n) is 3.81. The Labute approximate surface area is 122 Å². The molecule has 0 saturated heterocycles. The van der Waals surface area contributed by atoms with E-state index in [1.54, 1.807) is 23.5 Å². The van der Waals surface area contributed by atoms with Crippen LogP contribution in [0.1, 0.15) is 5.56 Å². The van der Waals surface area contributed by atoms with E-state index in [1.165, 1.54) is 5.56 Å².